The summed E-state index contributed by atoms with van der Waals surface area (Å²) in [5, 5.41) is 0. The van der Waals surface area contributed by atoms with Crippen molar-refractivity contribution in [2.24, 2.45) is 11.7 Å². The van der Waals surface area contributed by atoms with Crippen molar-refractivity contribution >= 4 is 11.6 Å². The van der Waals surface area contributed by atoms with Crippen LogP contribution in [0.3, 0.4) is 0 Å². The van der Waals surface area contributed by atoms with Gasteiger partial charge in [0.25, 0.3) is 5.91 Å². The lowest BCUT2D eigenvalue weighted by Crippen LogP contribution is -2.39. The van der Waals surface area contributed by atoms with Gasteiger partial charge < -0.3 is 15.4 Å². The Morgan fingerprint density at radius 2 is 2.26 bits per heavy atom. The maximum absolute atomic E-state index is 11.9. The number of hydrogen-bond donors (Lipinski definition) is 1. The minimum Gasteiger partial charge on any atom is -0.482 e. The van der Waals surface area contributed by atoms with E-state index in [4.69, 9.17) is 10.5 Å². The molecule has 1 aromatic carbocycles. The SMILES string of the molecule is C=CCN1C(=O)COc2ccc(C(N)C(C)C)cc21. The fraction of sp³-hybridized carbons (Fsp3) is 0.400. The van der Waals surface area contributed by atoms with Crippen molar-refractivity contribution in [3.05, 3.63) is 36.4 Å². The van der Waals surface area contributed by atoms with E-state index in [1.54, 1.807) is 11.0 Å². The topological polar surface area (TPSA) is 55.6 Å². The standard InChI is InChI=1S/C15H20N2O2/c1-4-7-17-12-8-11(15(16)10(2)3)5-6-13(12)19-9-14(17)18/h4-6,8,10,15H,1,7,9,16H2,2-3H3. The van der Waals surface area contributed by atoms with Crippen molar-refractivity contribution in [1.29, 1.82) is 0 Å². The molecule has 4 nitrogen and oxygen atoms in total. The number of carbonyl (C=O) groups is 1. The van der Waals surface area contributed by atoms with Gasteiger partial charge in [0.1, 0.15) is 5.75 Å². The van der Waals surface area contributed by atoms with Crippen LogP contribution in [-0.4, -0.2) is 19.1 Å². The van der Waals surface area contributed by atoms with Crippen LogP contribution in [-0.2, 0) is 4.79 Å². The number of nitrogens with zero attached hydrogens (tertiary/aromatic N) is 1. The summed E-state index contributed by atoms with van der Waals surface area (Å²) in [6, 6.07) is 5.74. The van der Waals surface area contributed by atoms with Crippen molar-refractivity contribution in [3.63, 3.8) is 0 Å². The van der Waals surface area contributed by atoms with Crippen LogP contribution in [0.5, 0.6) is 5.75 Å². The Bertz CT molecular complexity index is 497. The highest BCUT2D eigenvalue weighted by Gasteiger charge is 2.25. The number of ether oxygens (including phenoxy) is 1. The third-order valence-corrected chi connectivity index (χ3v) is 3.34. The average Bonchev–Trinajstić information content (AvgIpc) is 2.40. The Morgan fingerprint density at radius 1 is 1.53 bits per heavy atom. The lowest BCUT2D eigenvalue weighted by Gasteiger charge is -2.29. The van der Waals surface area contributed by atoms with E-state index < -0.39 is 0 Å². The fourth-order valence-electron chi connectivity index (χ4n) is 2.14. The minimum absolute atomic E-state index is 0.0482. The Balaban J connectivity index is 2.41. The second kappa shape index (κ2) is 5.45. The van der Waals surface area contributed by atoms with E-state index in [2.05, 4.69) is 20.4 Å². The van der Waals surface area contributed by atoms with Crippen LogP contribution in [0.2, 0.25) is 0 Å². The molecule has 1 unspecified atom stereocenters. The number of nitrogens with two attached hydrogens (primary N) is 1. The van der Waals surface area contributed by atoms with E-state index in [9.17, 15) is 4.79 Å². The molecule has 1 aromatic rings. The van der Waals surface area contributed by atoms with Gasteiger partial charge in [-0.25, -0.2) is 0 Å². The second-order valence-corrected chi connectivity index (χ2v) is 5.08. The molecule has 1 atom stereocenters. The lowest BCUT2D eigenvalue weighted by atomic mass is 9.96. The predicted octanol–water partition coefficient (Wildman–Crippen LogP) is 2.25. The summed E-state index contributed by atoms with van der Waals surface area (Å²) in [6.07, 6.45) is 1.71. The zero-order valence-electron chi connectivity index (χ0n) is 11.4. The summed E-state index contributed by atoms with van der Waals surface area (Å²) < 4.78 is 5.44. The first-order valence-electron chi connectivity index (χ1n) is 6.48. The van der Waals surface area contributed by atoms with E-state index in [1.807, 2.05) is 18.2 Å². The Kier molecular flexibility index (Phi) is 3.90. The minimum atomic E-state index is -0.0531. The highest BCUT2D eigenvalue weighted by Crippen LogP contribution is 2.35. The molecule has 0 bridgehead atoms. The summed E-state index contributed by atoms with van der Waals surface area (Å²) >= 11 is 0. The van der Waals surface area contributed by atoms with E-state index >= 15 is 0 Å². The van der Waals surface area contributed by atoms with Crippen molar-refractivity contribution in [2.75, 3.05) is 18.1 Å². The smallest absolute Gasteiger partial charge is 0.265 e. The van der Waals surface area contributed by atoms with Crippen molar-refractivity contribution in [1.82, 2.24) is 0 Å². The van der Waals surface area contributed by atoms with Gasteiger partial charge in [-0.1, -0.05) is 26.0 Å². The quantitative estimate of drug-likeness (QED) is 0.845. The Hall–Kier alpha value is -1.81. The largest absolute Gasteiger partial charge is 0.482 e. The van der Waals surface area contributed by atoms with Gasteiger partial charge in [-0.05, 0) is 23.6 Å². The van der Waals surface area contributed by atoms with E-state index in [1.165, 1.54) is 0 Å². The molecule has 102 valence electrons. The fourth-order valence-corrected chi connectivity index (χ4v) is 2.14. The summed E-state index contributed by atoms with van der Waals surface area (Å²) in [5.41, 5.74) is 7.96. The lowest BCUT2D eigenvalue weighted by molar-refractivity contribution is -0.121. The zero-order valence-corrected chi connectivity index (χ0v) is 11.4. The summed E-state index contributed by atoms with van der Waals surface area (Å²) in [5.74, 6) is 1.01. The van der Waals surface area contributed by atoms with E-state index in [0.29, 0.717) is 12.5 Å². The monoisotopic (exact) mass is 260 g/mol. The maximum Gasteiger partial charge on any atom is 0.265 e. The molecule has 19 heavy (non-hydrogen) atoms. The molecule has 0 fully saturated rings. The number of benzene rings is 1. The second-order valence-electron chi connectivity index (χ2n) is 5.08. The van der Waals surface area contributed by atoms with Gasteiger partial charge in [-0.3, -0.25) is 4.79 Å². The summed E-state index contributed by atoms with van der Waals surface area (Å²) in [6.45, 7) is 8.40. The molecule has 0 aliphatic carbocycles. The molecule has 0 aromatic heterocycles. The molecule has 0 saturated heterocycles. The molecular weight excluding hydrogens is 240 g/mol. The first-order valence-corrected chi connectivity index (χ1v) is 6.48. The van der Waals surface area contributed by atoms with Crippen LogP contribution in [0.4, 0.5) is 5.69 Å². The molecule has 4 heteroatoms. The molecule has 2 N–H and O–H groups in total. The number of anilines is 1. The van der Waals surface area contributed by atoms with Crippen LogP contribution in [0, 0.1) is 5.92 Å². The molecule has 1 aliphatic rings. The molecule has 0 spiro atoms. The third-order valence-electron chi connectivity index (χ3n) is 3.34. The van der Waals surface area contributed by atoms with E-state index in [-0.39, 0.29) is 18.6 Å². The molecule has 1 amide bonds. The molecule has 0 saturated carbocycles. The number of hydrogen-bond acceptors (Lipinski definition) is 3. The van der Waals surface area contributed by atoms with Crippen molar-refractivity contribution in [2.45, 2.75) is 19.9 Å². The van der Waals surface area contributed by atoms with Crippen LogP contribution < -0.4 is 15.4 Å². The predicted molar refractivity (Wildman–Crippen MR) is 76.3 cm³/mol. The van der Waals surface area contributed by atoms with Gasteiger partial charge in [0.15, 0.2) is 6.61 Å². The summed E-state index contributed by atoms with van der Waals surface area (Å²) in [7, 11) is 0. The Morgan fingerprint density at radius 3 is 2.89 bits per heavy atom. The maximum atomic E-state index is 11.9. The van der Waals surface area contributed by atoms with Crippen LogP contribution in [0.25, 0.3) is 0 Å². The van der Waals surface area contributed by atoms with Gasteiger partial charge >= 0.3 is 0 Å². The zero-order chi connectivity index (χ0) is 14.0. The molecule has 1 aliphatic heterocycles. The van der Waals surface area contributed by atoms with Crippen LogP contribution in [0.15, 0.2) is 30.9 Å². The van der Waals surface area contributed by atoms with Gasteiger partial charge in [0.05, 0.1) is 5.69 Å². The number of carbonyl (C=O) groups excluding carboxylic acids is 1. The molecule has 2 rings (SSSR count). The van der Waals surface area contributed by atoms with Gasteiger partial charge in [-0.15, -0.1) is 6.58 Å². The van der Waals surface area contributed by atoms with E-state index in [0.717, 1.165) is 17.0 Å². The van der Waals surface area contributed by atoms with Crippen LogP contribution in [0.1, 0.15) is 25.5 Å². The first kappa shape index (κ1) is 13.6. The van der Waals surface area contributed by atoms with Crippen molar-refractivity contribution < 1.29 is 9.53 Å². The third kappa shape index (κ3) is 2.63. The number of fused-ring (bicyclic) bond motifs is 1. The molecule has 0 radical (unpaired) electrons. The first-order chi connectivity index (χ1) is 9.04. The van der Waals surface area contributed by atoms with Crippen LogP contribution >= 0.6 is 0 Å². The molecular formula is C15H20N2O2. The van der Waals surface area contributed by atoms with Gasteiger partial charge in [0, 0.05) is 12.6 Å². The average molecular weight is 260 g/mol. The highest BCUT2D eigenvalue weighted by molar-refractivity contribution is 5.98. The molecule has 1 heterocycles. The van der Waals surface area contributed by atoms with Gasteiger partial charge in [-0.2, -0.15) is 0 Å². The van der Waals surface area contributed by atoms with Crippen molar-refractivity contribution in [3.8, 4) is 5.75 Å². The summed E-state index contributed by atoms with van der Waals surface area (Å²) in [4.78, 5) is 13.6. The Labute approximate surface area is 113 Å². The number of rotatable bonds is 4. The normalized spacial score (nSPS) is 16.0. The number of amides is 1. The van der Waals surface area contributed by atoms with Gasteiger partial charge in [0.2, 0.25) is 0 Å². The highest BCUT2D eigenvalue weighted by atomic mass is 16.5.